The van der Waals surface area contributed by atoms with Crippen molar-refractivity contribution in [2.24, 2.45) is 17.6 Å². The summed E-state index contributed by atoms with van der Waals surface area (Å²) in [5, 5.41) is -0.190. The maximum Gasteiger partial charge on any atom is 0.277 e. The number of fused-ring (bicyclic) bond motifs is 5. The molecule has 3 aliphatic heterocycles. The lowest BCUT2D eigenvalue weighted by molar-refractivity contribution is -0.884. The standard InChI is InChI=1S/C21H15ClFN3O3/c22-13-9-11(5-6-14(13)23)26-20(28)15-16(21(26)29)18(19(24)27)25-8-7-10-3-1-2-4-12(10)17(15)25/h1-9,15-18H,(H2,24,27)/p+1/t15-,16+,17-,18+/m0/s1. The Bertz CT molecular complexity index is 1120. The summed E-state index contributed by atoms with van der Waals surface area (Å²) in [7, 11) is 0. The Morgan fingerprint density at radius 1 is 1.10 bits per heavy atom. The Morgan fingerprint density at radius 2 is 1.83 bits per heavy atom. The third-order valence-electron chi connectivity index (χ3n) is 6.09. The highest BCUT2D eigenvalue weighted by molar-refractivity contribution is 6.31. The fourth-order valence-electron chi connectivity index (χ4n) is 4.95. The molecular weight excluding hydrogens is 397 g/mol. The molecule has 0 aliphatic carbocycles. The molecule has 0 bridgehead atoms. The van der Waals surface area contributed by atoms with Crippen molar-refractivity contribution in [3.8, 4) is 0 Å². The lowest BCUT2D eigenvalue weighted by atomic mass is 9.84. The van der Waals surface area contributed by atoms with Crippen molar-refractivity contribution in [2.75, 3.05) is 4.90 Å². The molecule has 3 N–H and O–H groups in total. The van der Waals surface area contributed by atoms with Gasteiger partial charge in [-0.05, 0) is 29.8 Å². The van der Waals surface area contributed by atoms with E-state index in [4.69, 9.17) is 17.3 Å². The number of hydrogen-bond acceptors (Lipinski definition) is 3. The second kappa shape index (κ2) is 6.23. The Balaban J connectivity index is 1.65. The molecule has 2 aromatic carbocycles. The number of anilines is 1. The number of primary amides is 1. The molecule has 0 saturated carbocycles. The zero-order chi connectivity index (χ0) is 20.4. The molecule has 5 atom stereocenters. The van der Waals surface area contributed by atoms with Crippen molar-refractivity contribution in [3.05, 3.63) is 70.6 Å². The van der Waals surface area contributed by atoms with Gasteiger partial charge in [-0.3, -0.25) is 19.3 Å². The van der Waals surface area contributed by atoms with Gasteiger partial charge in [0.05, 0.1) is 16.9 Å². The van der Waals surface area contributed by atoms with Crippen molar-refractivity contribution < 1.29 is 23.7 Å². The van der Waals surface area contributed by atoms with E-state index in [9.17, 15) is 18.8 Å². The molecule has 2 fully saturated rings. The number of nitrogens with one attached hydrogen (secondary N) is 1. The monoisotopic (exact) mass is 412 g/mol. The number of carbonyl (C=O) groups excluding carboxylic acids is 3. The molecule has 146 valence electrons. The van der Waals surface area contributed by atoms with Crippen LogP contribution in [0.3, 0.4) is 0 Å². The van der Waals surface area contributed by atoms with Crippen LogP contribution in [-0.4, -0.2) is 23.8 Å². The van der Waals surface area contributed by atoms with Gasteiger partial charge in [-0.1, -0.05) is 35.9 Å². The van der Waals surface area contributed by atoms with Gasteiger partial charge in [0.1, 0.15) is 23.7 Å². The predicted octanol–water partition coefficient (Wildman–Crippen LogP) is 1.06. The molecule has 0 aromatic heterocycles. The minimum Gasteiger partial charge on any atom is -0.364 e. The Hall–Kier alpha value is -3.03. The zero-order valence-electron chi connectivity index (χ0n) is 15.0. The first-order valence-corrected chi connectivity index (χ1v) is 9.54. The molecule has 3 heterocycles. The Morgan fingerprint density at radius 3 is 2.55 bits per heavy atom. The summed E-state index contributed by atoms with van der Waals surface area (Å²) in [5.41, 5.74) is 7.69. The molecule has 3 amide bonds. The van der Waals surface area contributed by atoms with Gasteiger partial charge in [-0.25, -0.2) is 9.29 Å². The van der Waals surface area contributed by atoms with Crippen molar-refractivity contribution >= 4 is 41.1 Å². The average Bonchev–Trinajstić information content (AvgIpc) is 3.17. The molecule has 2 aromatic rings. The number of nitrogens with two attached hydrogens (primary N) is 1. The summed E-state index contributed by atoms with van der Waals surface area (Å²) in [6.45, 7) is 0. The Labute approximate surface area is 170 Å². The fraction of sp³-hybridized carbons (Fsp3) is 0.190. The van der Waals surface area contributed by atoms with E-state index in [-0.39, 0.29) is 10.7 Å². The van der Waals surface area contributed by atoms with Crippen LogP contribution in [0.15, 0.2) is 48.7 Å². The number of carbonyl (C=O) groups is 3. The molecule has 0 radical (unpaired) electrons. The number of rotatable bonds is 2. The average molecular weight is 413 g/mol. The minimum atomic E-state index is -0.889. The number of quaternary nitrogens is 1. The van der Waals surface area contributed by atoms with Gasteiger partial charge < -0.3 is 5.73 Å². The number of nitrogens with zero attached hydrogens (tertiary/aromatic N) is 1. The van der Waals surface area contributed by atoms with Crippen LogP contribution >= 0.6 is 11.6 Å². The third-order valence-corrected chi connectivity index (χ3v) is 6.38. The highest BCUT2D eigenvalue weighted by Gasteiger charge is 2.67. The van der Waals surface area contributed by atoms with Crippen molar-refractivity contribution in [3.63, 3.8) is 0 Å². The first-order valence-electron chi connectivity index (χ1n) is 9.16. The summed E-state index contributed by atoms with van der Waals surface area (Å²) in [6.07, 6.45) is 3.69. The summed E-state index contributed by atoms with van der Waals surface area (Å²) in [4.78, 5) is 40.7. The summed E-state index contributed by atoms with van der Waals surface area (Å²) in [6, 6.07) is 9.98. The van der Waals surface area contributed by atoms with Crippen molar-refractivity contribution in [1.82, 2.24) is 0 Å². The highest BCUT2D eigenvalue weighted by Crippen LogP contribution is 2.44. The van der Waals surface area contributed by atoms with Gasteiger partial charge in [-0.15, -0.1) is 0 Å². The number of hydrogen-bond donors (Lipinski definition) is 2. The van der Waals surface area contributed by atoms with Gasteiger partial charge in [0.25, 0.3) is 5.91 Å². The van der Waals surface area contributed by atoms with Crippen LogP contribution in [0.4, 0.5) is 10.1 Å². The van der Waals surface area contributed by atoms with Gasteiger partial charge in [0.15, 0.2) is 6.04 Å². The summed E-state index contributed by atoms with van der Waals surface area (Å²) < 4.78 is 13.6. The van der Waals surface area contributed by atoms with Crippen LogP contribution in [0, 0.1) is 17.7 Å². The smallest absolute Gasteiger partial charge is 0.277 e. The largest absolute Gasteiger partial charge is 0.364 e. The SMILES string of the molecule is NC(=O)[C@H]1[C@@H]2C(=O)N(c3ccc(F)c(Cl)c3)C(=O)[C@@H]2[C@@H]2c3ccccc3C=C[NH+]12. The fourth-order valence-corrected chi connectivity index (χ4v) is 5.13. The highest BCUT2D eigenvalue weighted by atomic mass is 35.5. The van der Waals surface area contributed by atoms with Crippen LogP contribution in [0.5, 0.6) is 0 Å². The lowest BCUT2D eigenvalue weighted by Gasteiger charge is -2.30. The van der Waals surface area contributed by atoms with Crippen LogP contribution in [0.2, 0.25) is 5.02 Å². The number of imide groups is 1. The molecule has 2 saturated heterocycles. The second-order valence-electron chi connectivity index (χ2n) is 7.48. The summed E-state index contributed by atoms with van der Waals surface area (Å²) >= 11 is 5.85. The summed E-state index contributed by atoms with van der Waals surface area (Å²) in [5.74, 6) is -3.86. The van der Waals surface area contributed by atoms with Gasteiger partial charge in [0, 0.05) is 5.56 Å². The molecular formula is C21H16ClFN3O3+. The molecule has 29 heavy (non-hydrogen) atoms. The van der Waals surface area contributed by atoms with Crippen LogP contribution in [0.1, 0.15) is 17.2 Å². The van der Waals surface area contributed by atoms with E-state index in [0.717, 1.165) is 22.1 Å². The Kier molecular flexibility index (Phi) is 3.88. The first-order chi connectivity index (χ1) is 13.9. The van der Waals surface area contributed by atoms with E-state index in [1.165, 1.54) is 12.1 Å². The van der Waals surface area contributed by atoms with E-state index in [0.29, 0.717) is 4.90 Å². The number of benzene rings is 2. The molecule has 3 aliphatic rings. The predicted molar refractivity (Wildman–Crippen MR) is 103 cm³/mol. The molecule has 5 rings (SSSR count). The zero-order valence-corrected chi connectivity index (χ0v) is 15.8. The second-order valence-corrected chi connectivity index (χ2v) is 7.89. The molecule has 8 heteroatoms. The maximum absolute atomic E-state index is 13.6. The van der Waals surface area contributed by atoms with E-state index in [1.807, 2.05) is 30.3 Å². The van der Waals surface area contributed by atoms with E-state index in [2.05, 4.69) is 0 Å². The first kappa shape index (κ1) is 18.0. The topological polar surface area (TPSA) is 84.9 Å². The minimum absolute atomic E-state index is 0.185. The lowest BCUT2D eigenvalue weighted by Crippen LogP contribution is -3.12. The third kappa shape index (κ3) is 2.41. The van der Waals surface area contributed by atoms with Crippen molar-refractivity contribution in [2.45, 2.75) is 12.1 Å². The van der Waals surface area contributed by atoms with Crippen molar-refractivity contribution in [1.29, 1.82) is 0 Å². The maximum atomic E-state index is 13.6. The van der Waals surface area contributed by atoms with Gasteiger partial charge >= 0.3 is 0 Å². The van der Waals surface area contributed by atoms with Gasteiger partial charge in [0.2, 0.25) is 11.8 Å². The van der Waals surface area contributed by atoms with Gasteiger partial charge in [-0.2, -0.15) is 0 Å². The molecule has 6 nitrogen and oxygen atoms in total. The molecule has 1 unspecified atom stereocenters. The number of halogens is 2. The van der Waals surface area contributed by atoms with E-state index >= 15 is 0 Å². The van der Waals surface area contributed by atoms with Crippen LogP contribution in [0.25, 0.3) is 6.08 Å². The van der Waals surface area contributed by atoms with Crippen LogP contribution < -0.4 is 15.5 Å². The van der Waals surface area contributed by atoms with Crippen LogP contribution in [-0.2, 0) is 14.4 Å². The molecule has 0 spiro atoms. The normalized spacial score (nSPS) is 29.6. The van der Waals surface area contributed by atoms with E-state index in [1.54, 1.807) is 6.20 Å². The van der Waals surface area contributed by atoms with E-state index < -0.39 is 47.5 Å². The quantitative estimate of drug-likeness (QED) is 0.723. The number of amides is 3.